The van der Waals surface area contributed by atoms with Gasteiger partial charge in [-0.25, -0.2) is 4.98 Å². The van der Waals surface area contributed by atoms with Gasteiger partial charge in [-0.05, 0) is 30.4 Å². The van der Waals surface area contributed by atoms with E-state index in [2.05, 4.69) is 45.0 Å². The zero-order valence-corrected chi connectivity index (χ0v) is 16.2. The standard InChI is InChI=1S/C17H21BrN4OS/c1-11-7-12(2)9-22(8-11)15(23)10-24-17-19-16(20-21-17)13-3-5-14(18)6-4-13/h3-6,11-12H,7-10H2,1-2H3,(H,19,20,21)/t11-,12-/m1/s1. The van der Waals surface area contributed by atoms with E-state index < -0.39 is 0 Å². The second-order valence-corrected chi connectivity index (χ2v) is 8.37. The van der Waals surface area contributed by atoms with Crippen LogP contribution in [0.1, 0.15) is 20.3 Å². The highest BCUT2D eigenvalue weighted by Gasteiger charge is 2.25. The number of aromatic nitrogens is 3. The van der Waals surface area contributed by atoms with Crippen molar-refractivity contribution in [1.82, 2.24) is 20.1 Å². The number of rotatable bonds is 4. The highest BCUT2D eigenvalue weighted by molar-refractivity contribution is 9.10. The molecule has 0 unspecified atom stereocenters. The van der Waals surface area contributed by atoms with Crippen molar-refractivity contribution in [3.8, 4) is 11.4 Å². The van der Waals surface area contributed by atoms with Crippen molar-refractivity contribution >= 4 is 33.6 Å². The van der Waals surface area contributed by atoms with E-state index in [1.165, 1.54) is 18.2 Å². The summed E-state index contributed by atoms with van der Waals surface area (Å²) in [5.41, 5.74) is 0.975. The molecule has 1 amide bonds. The normalized spacial score (nSPS) is 21.0. The van der Waals surface area contributed by atoms with Crippen molar-refractivity contribution in [3.05, 3.63) is 28.7 Å². The van der Waals surface area contributed by atoms with Gasteiger partial charge < -0.3 is 4.90 Å². The van der Waals surface area contributed by atoms with Gasteiger partial charge >= 0.3 is 0 Å². The summed E-state index contributed by atoms with van der Waals surface area (Å²) in [6.07, 6.45) is 1.20. The second-order valence-electron chi connectivity index (χ2n) is 6.51. The van der Waals surface area contributed by atoms with E-state index in [1.54, 1.807) is 0 Å². The van der Waals surface area contributed by atoms with E-state index in [0.717, 1.165) is 29.0 Å². The minimum Gasteiger partial charge on any atom is -0.341 e. The van der Waals surface area contributed by atoms with Crippen molar-refractivity contribution < 1.29 is 4.79 Å². The number of thioether (sulfide) groups is 1. The largest absolute Gasteiger partial charge is 0.341 e. The van der Waals surface area contributed by atoms with Crippen molar-refractivity contribution in [2.24, 2.45) is 11.8 Å². The number of benzene rings is 1. The van der Waals surface area contributed by atoms with Crippen LogP contribution >= 0.6 is 27.7 Å². The molecule has 0 saturated carbocycles. The van der Waals surface area contributed by atoms with Gasteiger partial charge in [-0.15, -0.1) is 5.10 Å². The summed E-state index contributed by atoms with van der Waals surface area (Å²) in [7, 11) is 0. The van der Waals surface area contributed by atoms with Crippen LogP contribution in [-0.4, -0.2) is 44.8 Å². The van der Waals surface area contributed by atoms with Crippen LogP contribution in [0.4, 0.5) is 0 Å². The van der Waals surface area contributed by atoms with Crippen molar-refractivity contribution in [1.29, 1.82) is 0 Å². The molecule has 0 bridgehead atoms. The minimum atomic E-state index is 0.174. The predicted octanol–water partition coefficient (Wildman–Crippen LogP) is 3.83. The lowest BCUT2D eigenvalue weighted by Crippen LogP contribution is -2.43. The molecular formula is C17H21BrN4OS. The first-order valence-corrected chi connectivity index (χ1v) is 9.88. The number of likely N-dealkylation sites (tertiary alicyclic amines) is 1. The Morgan fingerprint density at radius 2 is 1.96 bits per heavy atom. The fourth-order valence-corrected chi connectivity index (χ4v) is 4.10. The van der Waals surface area contributed by atoms with Gasteiger partial charge in [-0.3, -0.25) is 9.89 Å². The van der Waals surface area contributed by atoms with E-state index in [-0.39, 0.29) is 5.91 Å². The molecule has 1 aliphatic rings. The second kappa shape index (κ2) is 7.70. The highest BCUT2D eigenvalue weighted by Crippen LogP contribution is 2.24. The smallest absolute Gasteiger partial charge is 0.233 e. The Kier molecular flexibility index (Phi) is 5.61. The molecule has 1 saturated heterocycles. The Morgan fingerprint density at radius 1 is 1.29 bits per heavy atom. The van der Waals surface area contributed by atoms with Crippen molar-refractivity contribution in [3.63, 3.8) is 0 Å². The molecule has 1 aliphatic heterocycles. The van der Waals surface area contributed by atoms with E-state index in [4.69, 9.17) is 0 Å². The number of H-pyrrole nitrogens is 1. The number of piperidine rings is 1. The molecule has 128 valence electrons. The first-order chi connectivity index (χ1) is 11.5. The fourth-order valence-electron chi connectivity index (χ4n) is 3.13. The third-order valence-corrected chi connectivity index (χ3v) is 5.49. The van der Waals surface area contributed by atoms with Crippen LogP contribution in [0.25, 0.3) is 11.4 Å². The maximum Gasteiger partial charge on any atom is 0.233 e. The van der Waals surface area contributed by atoms with Crippen LogP contribution in [0.3, 0.4) is 0 Å². The average molecular weight is 409 g/mol. The number of carbonyl (C=O) groups is 1. The number of hydrogen-bond acceptors (Lipinski definition) is 4. The van der Waals surface area contributed by atoms with Gasteiger partial charge in [0.05, 0.1) is 5.75 Å². The van der Waals surface area contributed by atoms with E-state index >= 15 is 0 Å². The van der Waals surface area contributed by atoms with Crippen LogP contribution in [0.5, 0.6) is 0 Å². The number of aromatic amines is 1. The number of halogens is 1. The van der Waals surface area contributed by atoms with Crippen LogP contribution in [-0.2, 0) is 4.79 Å². The molecule has 2 heterocycles. The zero-order valence-electron chi connectivity index (χ0n) is 13.8. The van der Waals surface area contributed by atoms with Crippen LogP contribution in [0.15, 0.2) is 33.9 Å². The van der Waals surface area contributed by atoms with Crippen LogP contribution in [0.2, 0.25) is 0 Å². The Morgan fingerprint density at radius 3 is 2.62 bits per heavy atom. The number of nitrogens with one attached hydrogen (secondary N) is 1. The molecule has 1 aromatic heterocycles. The Balaban J connectivity index is 1.57. The Bertz CT molecular complexity index is 693. The summed E-state index contributed by atoms with van der Waals surface area (Å²) in [4.78, 5) is 18.9. The van der Waals surface area contributed by atoms with E-state index in [9.17, 15) is 4.79 Å². The minimum absolute atomic E-state index is 0.174. The van der Waals surface area contributed by atoms with Gasteiger partial charge in [0.1, 0.15) is 0 Å². The summed E-state index contributed by atoms with van der Waals surface area (Å²) in [6.45, 7) is 6.15. The molecule has 0 aliphatic carbocycles. The molecule has 5 nitrogen and oxygen atoms in total. The van der Waals surface area contributed by atoms with Crippen molar-refractivity contribution in [2.75, 3.05) is 18.8 Å². The molecule has 3 rings (SSSR count). The highest BCUT2D eigenvalue weighted by atomic mass is 79.9. The lowest BCUT2D eigenvalue weighted by atomic mass is 9.92. The number of amides is 1. The van der Waals surface area contributed by atoms with Gasteiger partial charge in [-0.1, -0.05) is 53.7 Å². The first kappa shape index (κ1) is 17.5. The molecule has 1 aromatic carbocycles. The molecule has 0 radical (unpaired) electrons. The number of hydrogen-bond donors (Lipinski definition) is 1. The summed E-state index contributed by atoms with van der Waals surface area (Å²) in [6, 6.07) is 7.88. The number of nitrogens with zero attached hydrogens (tertiary/aromatic N) is 3. The number of carbonyl (C=O) groups excluding carboxylic acids is 1. The molecule has 2 atom stereocenters. The Hall–Kier alpha value is -1.34. The lowest BCUT2D eigenvalue weighted by Gasteiger charge is -2.34. The SMILES string of the molecule is C[C@@H]1C[C@@H](C)CN(C(=O)CSc2n[nH]c(-c3ccc(Br)cc3)n2)C1. The third kappa shape index (κ3) is 4.39. The molecule has 1 N–H and O–H groups in total. The predicted molar refractivity (Wildman–Crippen MR) is 99.8 cm³/mol. The monoisotopic (exact) mass is 408 g/mol. The maximum absolute atomic E-state index is 12.4. The summed E-state index contributed by atoms with van der Waals surface area (Å²) < 4.78 is 1.02. The van der Waals surface area contributed by atoms with Gasteiger partial charge in [0.25, 0.3) is 0 Å². The molecule has 2 aromatic rings. The van der Waals surface area contributed by atoms with Gasteiger partial charge in [0.15, 0.2) is 5.82 Å². The van der Waals surface area contributed by atoms with E-state index in [0.29, 0.717) is 22.7 Å². The molecule has 0 spiro atoms. The summed E-state index contributed by atoms with van der Waals surface area (Å²) >= 11 is 4.81. The summed E-state index contributed by atoms with van der Waals surface area (Å²) in [5.74, 6) is 2.44. The third-order valence-electron chi connectivity index (χ3n) is 4.13. The molecular weight excluding hydrogens is 388 g/mol. The van der Waals surface area contributed by atoms with Gasteiger partial charge in [0, 0.05) is 23.1 Å². The Labute approximate surface area is 154 Å². The zero-order chi connectivity index (χ0) is 17.1. The van der Waals surface area contributed by atoms with Crippen LogP contribution < -0.4 is 0 Å². The average Bonchev–Trinajstić information content (AvgIpc) is 3.01. The molecule has 7 heteroatoms. The fraction of sp³-hybridized carbons (Fsp3) is 0.471. The van der Waals surface area contributed by atoms with E-state index in [1.807, 2.05) is 29.2 Å². The first-order valence-electron chi connectivity index (χ1n) is 8.10. The topological polar surface area (TPSA) is 61.9 Å². The lowest BCUT2D eigenvalue weighted by molar-refractivity contribution is -0.130. The molecule has 1 fully saturated rings. The van der Waals surface area contributed by atoms with Crippen LogP contribution in [0, 0.1) is 11.8 Å². The van der Waals surface area contributed by atoms with Crippen molar-refractivity contribution in [2.45, 2.75) is 25.4 Å². The summed E-state index contributed by atoms with van der Waals surface area (Å²) in [5, 5.41) is 7.75. The molecule has 24 heavy (non-hydrogen) atoms. The quantitative estimate of drug-likeness (QED) is 0.780. The maximum atomic E-state index is 12.4. The van der Waals surface area contributed by atoms with Gasteiger partial charge in [-0.2, -0.15) is 0 Å². The van der Waals surface area contributed by atoms with Gasteiger partial charge in [0.2, 0.25) is 11.1 Å².